The van der Waals surface area contributed by atoms with E-state index in [1.807, 2.05) is 12.1 Å². The van der Waals surface area contributed by atoms with E-state index >= 15 is 0 Å². The second kappa shape index (κ2) is 3.92. The van der Waals surface area contributed by atoms with Crippen LogP contribution >= 0.6 is 11.3 Å². The molecule has 18 heavy (non-hydrogen) atoms. The van der Waals surface area contributed by atoms with Crippen LogP contribution in [-0.2, 0) is 0 Å². The average Bonchev–Trinajstić information content (AvgIpc) is 2.76. The van der Waals surface area contributed by atoms with Gasteiger partial charge in [0.05, 0.1) is 5.39 Å². The summed E-state index contributed by atoms with van der Waals surface area (Å²) in [4.78, 5) is 20.7. The van der Waals surface area contributed by atoms with Gasteiger partial charge in [0, 0.05) is 22.7 Å². The lowest BCUT2D eigenvalue weighted by Gasteiger charge is -2.00. The maximum Gasteiger partial charge on any atom is 0.251 e. The molecule has 0 aliphatic rings. The number of hydrogen-bond donors (Lipinski definition) is 2. The Morgan fingerprint density at radius 3 is 3.00 bits per heavy atom. The molecule has 2 heterocycles. The van der Waals surface area contributed by atoms with Crippen LogP contribution in [0.1, 0.15) is 10.4 Å². The first-order chi connectivity index (χ1) is 8.70. The average molecular weight is 258 g/mol. The van der Waals surface area contributed by atoms with Gasteiger partial charge in [0.1, 0.15) is 17.0 Å². The standard InChI is InChI=1S/C12H10N4OS/c1-14-11(17)6-2-3-8-7(4-6)9-10(13)15-5-16-12(9)18-8/h2-5H,1H3,(H,14,17)(H2,13,15,16). The molecule has 0 unspecified atom stereocenters. The highest BCUT2D eigenvalue weighted by Crippen LogP contribution is 2.35. The van der Waals surface area contributed by atoms with Gasteiger partial charge in [-0.2, -0.15) is 0 Å². The number of thiophene rings is 1. The van der Waals surface area contributed by atoms with Crippen molar-refractivity contribution in [2.75, 3.05) is 12.8 Å². The van der Waals surface area contributed by atoms with Crippen molar-refractivity contribution < 1.29 is 4.79 Å². The summed E-state index contributed by atoms with van der Waals surface area (Å²) < 4.78 is 1.05. The third kappa shape index (κ3) is 1.50. The van der Waals surface area contributed by atoms with Crippen LogP contribution in [0, 0.1) is 0 Å². The van der Waals surface area contributed by atoms with Crippen LogP contribution in [-0.4, -0.2) is 22.9 Å². The Hall–Kier alpha value is -2.21. The Morgan fingerprint density at radius 1 is 1.39 bits per heavy atom. The number of aromatic nitrogens is 2. The molecule has 0 radical (unpaired) electrons. The van der Waals surface area contributed by atoms with E-state index in [9.17, 15) is 4.79 Å². The molecule has 6 heteroatoms. The third-order valence-electron chi connectivity index (χ3n) is 2.79. The first-order valence-corrected chi connectivity index (χ1v) is 6.17. The molecule has 0 aliphatic heterocycles. The summed E-state index contributed by atoms with van der Waals surface area (Å²) in [5, 5.41) is 4.35. The second-order valence-electron chi connectivity index (χ2n) is 3.83. The molecule has 2 aromatic heterocycles. The number of fused-ring (bicyclic) bond motifs is 3. The number of hydrogen-bond acceptors (Lipinski definition) is 5. The Bertz CT molecular complexity index is 765. The van der Waals surface area contributed by atoms with Gasteiger partial charge < -0.3 is 11.1 Å². The number of rotatable bonds is 1. The maximum absolute atomic E-state index is 11.6. The van der Waals surface area contributed by atoms with Crippen LogP contribution in [0.4, 0.5) is 5.82 Å². The summed E-state index contributed by atoms with van der Waals surface area (Å²) in [5.41, 5.74) is 6.49. The summed E-state index contributed by atoms with van der Waals surface area (Å²) in [5.74, 6) is 0.326. The Morgan fingerprint density at radius 2 is 2.22 bits per heavy atom. The van der Waals surface area contributed by atoms with Crippen molar-refractivity contribution in [3.8, 4) is 0 Å². The molecular formula is C12H10N4OS. The molecular weight excluding hydrogens is 248 g/mol. The Labute approximate surface area is 107 Å². The van der Waals surface area contributed by atoms with E-state index in [-0.39, 0.29) is 5.91 Å². The first-order valence-electron chi connectivity index (χ1n) is 5.35. The van der Waals surface area contributed by atoms with Crippen LogP contribution in [0.25, 0.3) is 20.3 Å². The number of nitrogens with two attached hydrogens (primary N) is 1. The van der Waals surface area contributed by atoms with Crippen molar-refractivity contribution in [3.05, 3.63) is 30.1 Å². The fourth-order valence-electron chi connectivity index (χ4n) is 1.92. The number of anilines is 1. The molecule has 0 saturated heterocycles. The van der Waals surface area contributed by atoms with E-state index in [0.29, 0.717) is 11.4 Å². The van der Waals surface area contributed by atoms with E-state index in [2.05, 4.69) is 15.3 Å². The quantitative estimate of drug-likeness (QED) is 0.697. The Kier molecular flexibility index (Phi) is 2.38. The number of carbonyl (C=O) groups is 1. The highest BCUT2D eigenvalue weighted by atomic mass is 32.1. The van der Waals surface area contributed by atoms with Crippen molar-refractivity contribution >= 4 is 43.4 Å². The molecule has 90 valence electrons. The lowest BCUT2D eigenvalue weighted by Crippen LogP contribution is -2.17. The molecule has 0 atom stereocenters. The van der Waals surface area contributed by atoms with Crippen LogP contribution in [0.3, 0.4) is 0 Å². The topological polar surface area (TPSA) is 80.9 Å². The molecule has 1 amide bonds. The minimum atomic E-state index is -0.119. The number of nitrogen functional groups attached to an aromatic ring is 1. The zero-order valence-corrected chi connectivity index (χ0v) is 10.4. The van der Waals surface area contributed by atoms with Crippen molar-refractivity contribution in [1.82, 2.24) is 15.3 Å². The largest absolute Gasteiger partial charge is 0.383 e. The molecule has 0 aliphatic carbocycles. The van der Waals surface area contributed by atoms with Gasteiger partial charge in [-0.3, -0.25) is 4.79 Å². The maximum atomic E-state index is 11.6. The molecule has 0 saturated carbocycles. The van der Waals surface area contributed by atoms with Gasteiger partial charge in [0.15, 0.2) is 0 Å². The minimum absolute atomic E-state index is 0.119. The van der Waals surface area contributed by atoms with Gasteiger partial charge in [-0.05, 0) is 18.2 Å². The second-order valence-corrected chi connectivity index (χ2v) is 4.86. The predicted octanol–water partition coefficient (Wildman–Crippen LogP) is 1.79. The monoisotopic (exact) mass is 258 g/mol. The third-order valence-corrected chi connectivity index (χ3v) is 3.87. The summed E-state index contributed by atoms with van der Waals surface area (Å²) >= 11 is 1.54. The minimum Gasteiger partial charge on any atom is -0.383 e. The number of nitrogens with zero attached hydrogens (tertiary/aromatic N) is 2. The van der Waals surface area contributed by atoms with E-state index in [0.717, 1.165) is 20.3 Å². The fourth-order valence-corrected chi connectivity index (χ4v) is 2.95. The lowest BCUT2D eigenvalue weighted by molar-refractivity contribution is 0.0963. The van der Waals surface area contributed by atoms with Gasteiger partial charge >= 0.3 is 0 Å². The molecule has 0 fully saturated rings. The zero-order chi connectivity index (χ0) is 12.7. The number of benzene rings is 1. The number of amides is 1. The van der Waals surface area contributed by atoms with Crippen LogP contribution < -0.4 is 11.1 Å². The summed E-state index contributed by atoms with van der Waals surface area (Å²) in [7, 11) is 1.61. The van der Waals surface area contributed by atoms with E-state index in [1.165, 1.54) is 6.33 Å². The van der Waals surface area contributed by atoms with E-state index in [1.54, 1.807) is 24.5 Å². The summed E-state index contributed by atoms with van der Waals surface area (Å²) in [6, 6.07) is 5.53. The summed E-state index contributed by atoms with van der Waals surface area (Å²) in [6.07, 6.45) is 1.45. The van der Waals surface area contributed by atoms with Gasteiger partial charge in [-0.1, -0.05) is 0 Å². The number of nitrogens with one attached hydrogen (secondary N) is 1. The highest BCUT2D eigenvalue weighted by molar-refractivity contribution is 7.25. The van der Waals surface area contributed by atoms with Crippen molar-refractivity contribution in [2.24, 2.45) is 0 Å². The normalized spacial score (nSPS) is 10.9. The van der Waals surface area contributed by atoms with E-state index < -0.39 is 0 Å². The lowest BCUT2D eigenvalue weighted by atomic mass is 10.1. The molecule has 0 spiro atoms. The van der Waals surface area contributed by atoms with Crippen molar-refractivity contribution in [3.63, 3.8) is 0 Å². The SMILES string of the molecule is CNC(=O)c1ccc2sc3ncnc(N)c3c2c1. The molecule has 1 aromatic carbocycles. The van der Waals surface area contributed by atoms with Gasteiger partial charge in [0.2, 0.25) is 0 Å². The van der Waals surface area contributed by atoms with Crippen LogP contribution in [0.5, 0.6) is 0 Å². The highest BCUT2D eigenvalue weighted by Gasteiger charge is 2.12. The molecule has 5 nitrogen and oxygen atoms in total. The predicted molar refractivity (Wildman–Crippen MR) is 72.7 cm³/mol. The van der Waals surface area contributed by atoms with Gasteiger partial charge in [0.25, 0.3) is 5.91 Å². The van der Waals surface area contributed by atoms with Gasteiger partial charge in [-0.15, -0.1) is 11.3 Å². The summed E-state index contributed by atoms with van der Waals surface area (Å²) in [6.45, 7) is 0. The van der Waals surface area contributed by atoms with Crippen LogP contribution in [0.15, 0.2) is 24.5 Å². The van der Waals surface area contributed by atoms with Crippen molar-refractivity contribution in [1.29, 1.82) is 0 Å². The molecule has 3 rings (SSSR count). The van der Waals surface area contributed by atoms with Crippen molar-refractivity contribution in [2.45, 2.75) is 0 Å². The fraction of sp³-hybridized carbons (Fsp3) is 0.0833. The Balaban J connectivity index is 2.38. The van der Waals surface area contributed by atoms with Crippen LogP contribution in [0.2, 0.25) is 0 Å². The molecule has 3 N–H and O–H groups in total. The van der Waals surface area contributed by atoms with E-state index in [4.69, 9.17) is 5.73 Å². The van der Waals surface area contributed by atoms with Gasteiger partial charge in [-0.25, -0.2) is 9.97 Å². The first kappa shape index (κ1) is 10.9. The smallest absolute Gasteiger partial charge is 0.251 e. The number of carbonyl (C=O) groups excluding carboxylic acids is 1. The molecule has 3 aromatic rings. The zero-order valence-electron chi connectivity index (χ0n) is 9.60. The molecule has 0 bridgehead atoms.